The minimum atomic E-state index is -1.67. The fourth-order valence-electron chi connectivity index (χ4n) is 6.20. The van der Waals surface area contributed by atoms with Crippen molar-refractivity contribution in [1.82, 2.24) is 31.9 Å². The van der Waals surface area contributed by atoms with Crippen molar-refractivity contribution in [1.29, 1.82) is 0 Å². The van der Waals surface area contributed by atoms with Crippen LogP contribution < -0.4 is 49.1 Å². The molecule has 0 saturated carbocycles. The molecule has 0 aliphatic heterocycles. The molecule has 0 aliphatic rings. The van der Waals surface area contributed by atoms with E-state index < -0.39 is 145 Å². The molecule has 0 fully saturated rings. The molecule has 0 aromatic heterocycles. The normalized spacial score (nSPS) is 16.5. The monoisotopic (exact) mass is 872 g/mol. The van der Waals surface area contributed by atoms with E-state index in [1.807, 2.05) is 20.8 Å². The van der Waals surface area contributed by atoms with Gasteiger partial charge in [0, 0.05) is 12.3 Å². The summed E-state index contributed by atoms with van der Waals surface area (Å²) in [5, 5.41) is 45.9. The maximum absolute atomic E-state index is 13.8. The molecule has 0 aromatic rings. The fraction of sp³-hybridized carbons (Fsp3) is 0.775. The number of hydrogen-bond donors (Lipinski definition) is 12. The van der Waals surface area contributed by atoms with Crippen molar-refractivity contribution in [3.8, 4) is 0 Å². The van der Waals surface area contributed by atoms with Crippen molar-refractivity contribution in [2.45, 2.75) is 156 Å². The van der Waals surface area contributed by atoms with Crippen molar-refractivity contribution in [2.24, 2.45) is 52.7 Å². The highest BCUT2D eigenvalue weighted by molar-refractivity contribution is 5.96. The largest absolute Gasteiger partial charge is 0.480 e. The maximum Gasteiger partial charge on any atom is 0.326 e. The van der Waals surface area contributed by atoms with E-state index in [2.05, 4.69) is 31.9 Å². The predicted octanol–water partition coefficient (Wildman–Crippen LogP) is -2.13. The lowest BCUT2D eigenvalue weighted by atomic mass is 9.85. The lowest BCUT2D eigenvalue weighted by Gasteiger charge is -2.32. The Morgan fingerprint density at radius 1 is 0.574 bits per heavy atom. The number of rotatable bonds is 29. The van der Waals surface area contributed by atoms with Crippen molar-refractivity contribution in [2.75, 3.05) is 6.61 Å². The van der Waals surface area contributed by atoms with Crippen LogP contribution in [0.1, 0.15) is 108 Å². The first-order chi connectivity index (χ1) is 28.2. The Morgan fingerprint density at radius 2 is 1.08 bits per heavy atom. The first-order valence-corrected chi connectivity index (χ1v) is 20.8. The van der Waals surface area contributed by atoms with Crippen molar-refractivity contribution >= 4 is 53.2 Å². The van der Waals surface area contributed by atoms with Gasteiger partial charge in [0.15, 0.2) is 0 Å². The molecule has 61 heavy (non-hydrogen) atoms. The van der Waals surface area contributed by atoms with Gasteiger partial charge in [0.25, 0.3) is 0 Å². The van der Waals surface area contributed by atoms with E-state index in [0.717, 1.165) is 0 Å². The molecule has 0 rings (SSSR count). The highest BCUT2D eigenvalue weighted by atomic mass is 16.4. The minimum Gasteiger partial charge on any atom is -0.480 e. The Balaban J connectivity index is 6.44. The molecular weight excluding hydrogens is 798 g/mol. The average molecular weight is 872 g/mol. The number of carbonyl (C=O) groups excluding carboxylic acids is 8. The van der Waals surface area contributed by atoms with E-state index in [1.54, 1.807) is 48.5 Å². The van der Waals surface area contributed by atoms with E-state index >= 15 is 0 Å². The number of carbonyl (C=O) groups is 9. The standard InChI is InChI=1S/C40H73N9O12/c1-11-22(10)33(39(59)48-32(21(8)9)40(60)61)49-34(54)23(19(4)5)15-28(51)25(14-18(2)3)45-36(56)26(16-30(42)53)46-35(55)24(12-13-29(41)52)44-37(57)27(17-50)47-38(58)31(43)20(6)7/h18-28,31-33,50-51H,11-17,43H2,1-10H3,(H2,41,52)(H2,42,53)(H,44,57)(H,45,56)(H,46,55)(H,47,58)(H,48,59)(H,49,54)(H,60,61)/t22-,23?,24-,25-,26-,27-,28-,31-,32?,33-/m0/s1. The molecule has 8 amide bonds. The number of aliphatic hydroxyl groups excluding tert-OH is 2. The van der Waals surface area contributed by atoms with Crippen LogP contribution in [0.2, 0.25) is 0 Å². The van der Waals surface area contributed by atoms with Gasteiger partial charge in [-0.2, -0.15) is 0 Å². The number of carboxylic acid groups (broad SMARTS) is 1. The topological polar surface area (TPSA) is 365 Å². The fourth-order valence-corrected chi connectivity index (χ4v) is 6.20. The second-order valence-electron chi connectivity index (χ2n) is 17.1. The third-order valence-electron chi connectivity index (χ3n) is 10.4. The summed E-state index contributed by atoms with van der Waals surface area (Å²) >= 11 is 0. The van der Waals surface area contributed by atoms with E-state index in [9.17, 15) is 58.5 Å². The van der Waals surface area contributed by atoms with E-state index in [0.29, 0.717) is 6.42 Å². The van der Waals surface area contributed by atoms with Gasteiger partial charge >= 0.3 is 5.97 Å². The Morgan fingerprint density at radius 3 is 1.52 bits per heavy atom. The van der Waals surface area contributed by atoms with Crippen molar-refractivity contribution < 1.29 is 58.5 Å². The smallest absolute Gasteiger partial charge is 0.326 e. The summed E-state index contributed by atoms with van der Waals surface area (Å²) in [6.07, 6.45) is -2.52. The van der Waals surface area contributed by atoms with Gasteiger partial charge in [0.1, 0.15) is 30.2 Å². The van der Waals surface area contributed by atoms with Crippen LogP contribution >= 0.6 is 0 Å². The Labute approximate surface area is 358 Å². The molecule has 0 radical (unpaired) electrons. The summed E-state index contributed by atoms with van der Waals surface area (Å²) in [7, 11) is 0. The predicted molar refractivity (Wildman–Crippen MR) is 224 cm³/mol. The molecule has 0 saturated heterocycles. The molecule has 0 aromatic carbocycles. The number of aliphatic carboxylic acids is 1. The van der Waals surface area contributed by atoms with Gasteiger partial charge in [0.2, 0.25) is 47.3 Å². The zero-order valence-corrected chi connectivity index (χ0v) is 37.3. The molecule has 350 valence electrons. The second-order valence-corrected chi connectivity index (χ2v) is 17.1. The zero-order chi connectivity index (χ0) is 47.5. The average Bonchev–Trinajstić information content (AvgIpc) is 3.15. The third kappa shape index (κ3) is 20.0. The lowest BCUT2D eigenvalue weighted by Crippen LogP contribution is -2.60. The molecular formula is C40H73N9O12. The van der Waals surface area contributed by atoms with E-state index in [4.69, 9.17) is 17.2 Å². The Kier molecular flexibility index (Phi) is 25.0. The van der Waals surface area contributed by atoms with Crippen LogP contribution in [0.5, 0.6) is 0 Å². The van der Waals surface area contributed by atoms with Crippen LogP contribution in [0.4, 0.5) is 0 Å². The first-order valence-electron chi connectivity index (χ1n) is 20.8. The summed E-state index contributed by atoms with van der Waals surface area (Å²) in [5.74, 6) is -10.8. The lowest BCUT2D eigenvalue weighted by molar-refractivity contribution is -0.144. The number of hydrogen-bond acceptors (Lipinski definition) is 12. The molecule has 0 bridgehead atoms. The van der Waals surface area contributed by atoms with Gasteiger partial charge in [-0.05, 0) is 48.9 Å². The van der Waals surface area contributed by atoms with Crippen LogP contribution in [-0.2, 0) is 43.2 Å². The van der Waals surface area contributed by atoms with Crippen molar-refractivity contribution in [3.63, 3.8) is 0 Å². The van der Waals surface area contributed by atoms with Crippen LogP contribution in [0.25, 0.3) is 0 Å². The highest BCUT2D eigenvalue weighted by Crippen LogP contribution is 2.23. The summed E-state index contributed by atoms with van der Waals surface area (Å²) in [4.78, 5) is 116. The molecule has 0 aliphatic carbocycles. The van der Waals surface area contributed by atoms with Gasteiger partial charge in [-0.3, -0.25) is 38.4 Å². The molecule has 21 heteroatoms. The highest BCUT2D eigenvalue weighted by Gasteiger charge is 2.37. The van der Waals surface area contributed by atoms with Gasteiger partial charge in [0.05, 0.1) is 31.2 Å². The van der Waals surface area contributed by atoms with Crippen LogP contribution in [0, 0.1) is 35.5 Å². The van der Waals surface area contributed by atoms with Gasteiger partial charge < -0.3 is 64.4 Å². The van der Waals surface area contributed by atoms with Crippen LogP contribution in [-0.4, -0.2) is 124 Å². The number of nitrogens with one attached hydrogen (secondary N) is 6. The molecule has 15 N–H and O–H groups in total. The summed E-state index contributed by atoms with van der Waals surface area (Å²) < 4.78 is 0. The van der Waals surface area contributed by atoms with Crippen LogP contribution in [0.3, 0.4) is 0 Å². The molecule has 0 spiro atoms. The quantitative estimate of drug-likeness (QED) is 0.0383. The minimum absolute atomic E-state index is 0.138. The Bertz CT molecular complexity index is 1510. The molecule has 2 unspecified atom stereocenters. The second kappa shape index (κ2) is 27.1. The van der Waals surface area contributed by atoms with Crippen molar-refractivity contribution in [3.05, 3.63) is 0 Å². The number of primary amides is 2. The molecule has 21 nitrogen and oxygen atoms in total. The van der Waals surface area contributed by atoms with E-state index in [1.165, 1.54) is 0 Å². The van der Waals surface area contributed by atoms with Crippen LogP contribution in [0.15, 0.2) is 0 Å². The number of aliphatic hydroxyl groups is 2. The maximum atomic E-state index is 13.8. The SMILES string of the molecule is CC[C@H](C)[C@H](NC(=O)C(C[C@H](O)[C@H](CC(C)C)NC(=O)[C@H](CC(N)=O)NC(=O)[C@H](CCC(N)=O)NC(=O)[C@H](CO)NC(=O)[C@@H](N)C(C)C)C(C)C)C(=O)NC(C(=O)O)C(C)C. The summed E-state index contributed by atoms with van der Waals surface area (Å²) in [5.41, 5.74) is 16.6. The summed E-state index contributed by atoms with van der Waals surface area (Å²) in [6, 6.07) is -9.19. The van der Waals surface area contributed by atoms with Gasteiger partial charge in [-0.15, -0.1) is 0 Å². The Hall–Kier alpha value is -4.89. The van der Waals surface area contributed by atoms with Gasteiger partial charge in [-0.25, -0.2) is 4.79 Å². The van der Waals surface area contributed by atoms with E-state index in [-0.39, 0.29) is 31.1 Å². The number of amides is 8. The first kappa shape index (κ1) is 56.1. The molecule has 0 heterocycles. The molecule has 10 atom stereocenters. The van der Waals surface area contributed by atoms with Gasteiger partial charge in [-0.1, -0.05) is 75.7 Å². The third-order valence-corrected chi connectivity index (χ3v) is 10.4. The number of nitrogens with two attached hydrogens (primary N) is 3. The number of carboxylic acids is 1. The summed E-state index contributed by atoms with van der Waals surface area (Å²) in [6.45, 7) is 16.3. The zero-order valence-electron chi connectivity index (χ0n) is 37.3.